The van der Waals surface area contributed by atoms with Crippen LogP contribution in [-0.2, 0) is 4.79 Å². The number of aliphatic carboxylic acids is 1. The Hall–Kier alpha value is -2.21. The Morgan fingerprint density at radius 2 is 2.00 bits per heavy atom. The third-order valence-electron chi connectivity index (χ3n) is 2.23. The lowest BCUT2D eigenvalue weighted by atomic mass is 10.2. The van der Waals surface area contributed by atoms with Gasteiger partial charge in [0, 0.05) is 13.1 Å². The largest absolute Gasteiger partial charge is 0.480 e. The first-order valence-corrected chi connectivity index (χ1v) is 5.98. The van der Waals surface area contributed by atoms with Crippen molar-refractivity contribution in [3.05, 3.63) is 0 Å². The van der Waals surface area contributed by atoms with Crippen LogP contribution in [-0.4, -0.2) is 53.1 Å². The summed E-state index contributed by atoms with van der Waals surface area (Å²) in [7, 11) is 0. The summed E-state index contributed by atoms with van der Waals surface area (Å²) in [4.78, 5) is 25.5. The number of nitrogens with zero attached hydrogens (tertiary/aromatic N) is 3. The lowest BCUT2D eigenvalue weighted by molar-refractivity contribution is -0.137. The molecule has 0 aliphatic carbocycles. The van der Waals surface area contributed by atoms with E-state index >= 15 is 0 Å². The standard InChI is InChI=1S/C13H19N3O3/c1-4-7-15(10-12(17)18)13(19)16(8-5-6-14)9-11(2)3/h1,11H,5,7-10H2,2-3H3,(H,17,18). The second kappa shape index (κ2) is 8.82. The number of carbonyl (C=O) groups excluding carboxylic acids is 1. The highest BCUT2D eigenvalue weighted by atomic mass is 16.4. The van der Waals surface area contributed by atoms with Crippen molar-refractivity contribution in [1.82, 2.24) is 9.80 Å². The molecule has 0 bridgehead atoms. The first-order valence-electron chi connectivity index (χ1n) is 5.98. The highest BCUT2D eigenvalue weighted by Gasteiger charge is 2.22. The summed E-state index contributed by atoms with van der Waals surface area (Å²) in [6, 6.07) is 1.53. The van der Waals surface area contributed by atoms with Crippen molar-refractivity contribution in [2.75, 3.05) is 26.2 Å². The molecule has 0 radical (unpaired) electrons. The fraction of sp³-hybridized carbons (Fsp3) is 0.615. The topological polar surface area (TPSA) is 84.6 Å². The summed E-state index contributed by atoms with van der Waals surface area (Å²) in [6.45, 7) is 4.11. The number of terminal acetylenes is 1. The molecule has 0 aromatic carbocycles. The van der Waals surface area contributed by atoms with Crippen LogP contribution in [0.1, 0.15) is 20.3 Å². The van der Waals surface area contributed by atoms with Gasteiger partial charge in [0.25, 0.3) is 0 Å². The van der Waals surface area contributed by atoms with Gasteiger partial charge in [0.05, 0.1) is 19.0 Å². The molecule has 6 heteroatoms. The molecule has 0 spiro atoms. The minimum absolute atomic E-state index is 0.0632. The van der Waals surface area contributed by atoms with E-state index in [0.29, 0.717) is 6.54 Å². The minimum atomic E-state index is -1.12. The van der Waals surface area contributed by atoms with Gasteiger partial charge in [-0.15, -0.1) is 6.42 Å². The first kappa shape index (κ1) is 16.8. The molecule has 1 N–H and O–H groups in total. The summed E-state index contributed by atoms with van der Waals surface area (Å²) in [5, 5.41) is 17.4. The average Bonchev–Trinajstić information content (AvgIpc) is 2.32. The average molecular weight is 265 g/mol. The SMILES string of the molecule is C#CCN(CC(=O)O)C(=O)N(CCC#N)CC(C)C. The smallest absolute Gasteiger partial charge is 0.323 e. The van der Waals surface area contributed by atoms with Crippen LogP contribution < -0.4 is 0 Å². The number of hydrogen-bond acceptors (Lipinski definition) is 3. The molecule has 0 aliphatic heterocycles. The van der Waals surface area contributed by atoms with E-state index in [4.69, 9.17) is 16.8 Å². The Kier molecular flexibility index (Phi) is 7.79. The van der Waals surface area contributed by atoms with Crippen molar-refractivity contribution in [2.24, 2.45) is 5.92 Å². The Morgan fingerprint density at radius 1 is 1.37 bits per heavy atom. The molecule has 0 atom stereocenters. The zero-order chi connectivity index (χ0) is 14.8. The Morgan fingerprint density at radius 3 is 2.42 bits per heavy atom. The molecule has 0 rings (SSSR count). The van der Waals surface area contributed by atoms with Crippen LogP contribution in [0.4, 0.5) is 4.79 Å². The highest BCUT2D eigenvalue weighted by molar-refractivity contribution is 5.80. The molecular formula is C13H19N3O3. The van der Waals surface area contributed by atoms with Crippen LogP contribution in [0, 0.1) is 29.6 Å². The maximum atomic E-state index is 12.2. The molecular weight excluding hydrogens is 246 g/mol. The van der Waals surface area contributed by atoms with E-state index in [1.807, 2.05) is 19.9 Å². The molecule has 2 amide bonds. The molecule has 0 saturated carbocycles. The van der Waals surface area contributed by atoms with Crippen LogP contribution in [0.5, 0.6) is 0 Å². The van der Waals surface area contributed by atoms with Gasteiger partial charge in [-0.05, 0) is 5.92 Å². The van der Waals surface area contributed by atoms with Crippen LogP contribution in [0.3, 0.4) is 0 Å². The summed E-state index contributed by atoms with van der Waals surface area (Å²) in [5.41, 5.74) is 0. The van der Waals surface area contributed by atoms with Gasteiger partial charge in [0.1, 0.15) is 6.54 Å². The number of urea groups is 1. The van der Waals surface area contributed by atoms with Crippen LogP contribution in [0.15, 0.2) is 0 Å². The zero-order valence-corrected chi connectivity index (χ0v) is 11.3. The predicted molar refractivity (Wildman–Crippen MR) is 70.1 cm³/mol. The van der Waals surface area contributed by atoms with Gasteiger partial charge >= 0.3 is 12.0 Å². The summed E-state index contributed by atoms with van der Waals surface area (Å²) in [5.74, 6) is 1.37. The molecule has 19 heavy (non-hydrogen) atoms. The second-order valence-electron chi connectivity index (χ2n) is 4.48. The molecule has 0 aromatic heterocycles. The molecule has 104 valence electrons. The Balaban J connectivity index is 4.84. The van der Waals surface area contributed by atoms with Gasteiger partial charge in [-0.1, -0.05) is 19.8 Å². The molecule has 0 unspecified atom stereocenters. The monoisotopic (exact) mass is 265 g/mol. The van der Waals surface area contributed by atoms with E-state index in [-0.39, 0.29) is 25.4 Å². The van der Waals surface area contributed by atoms with E-state index in [0.717, 1.165) is 4.90 Å². The van der Waals surface area contributed by atoms with Gasteiger partial charge in [-0.2, -0.15) is 5.26 Å². The number of carboxylic acids is 1. The van der Waals surface area contributed by atoms with E-state index in [1.165, 1.54) is 4.90 Å². The zero-order valence-electron chi connectivity index (χ0n) is 11.3. The molecule has 6 nitrogen and oxygen atoms in total. The normalized spacial score (nSPS) is 9.53. The maximum absolute atomic E-state index is 12.2. The number of amides is 2. The Bertz CT molecular complexity index is 393. The quantitative estimate of drug-likeness (QED) is 0.696. The number of hydrogen-bond donors (Lipinski definition) is 1. The van der Waals surface area contributed by atoms with E-state index in [2.05, 4.69) is 5.92 Å². The van der Waals surface area contributed by atoms with Crippen molar-refractivity contribution in [3.8, 4) is 18.4 Å². The number of carbonyl (C=O) groups is 2. The van der Waals surface area contributed by atoms with Gasteiger partial charge in [-0.3, -0.25) is 4.79 Å². The van der Waals surface area contributed by atoms with Crippen molar-refractivity contribution in [2.45, 2.75) is 20.3 Å². The summed E-state index contributed by atoms with van der Waals surface area (Å²) >= 11 is 0. The van der Waals surface area contributed by atoms with Crippen molar-refractivity contribution >= 4 is 12.0 Å². The van der Waals surface area contributed by atoms with E-state index < -0.39 is 18.5 Å². The molecule has 0 aromatic rings. The number of nitriles is 1. The molecule has 0 saturated heterocycles. The lowest BCUT2D eigenvalue weighted by Crippen LogP contribution is -2.47. The van der Waals surface area contributed by atoms with E-state index in [9.17, 15) is 9.59 Å². The van der Waals surface area contributed by atoms with Crippen LogP contribution in [0.2, 0.25) is 0 Å². The van der Waals surface area contributed by atoms with Gasteiger partial charge in [0.15, 0.2) is 0 Å². The summed E-state index contributed by atoms with van der Waals surface area (Å²) in [6.07, 6.45) is 5.34. The van der Waals surface area contributed by atoms with Crippen molar-refractivity contribution < 1.29 is 14.7 Å². The van der Waals surface area contributed by atoms with Gasteiger partial charge < -0.3 is 14.9 Å². The third-order valence-corrected chi connectivity index (χ3v) is 2.23. The number of carboxylic acid groups (broad SMARTS) is 1. The number of rotatable bonds is 7. The molecule has 0 fully saturated rings. The minimum Gasteiger partial charge on any atom is -0.480 e. The fourth-order valence-corrected chi connectivity index (χ4v) is 1.56. The second-order valence-corrected chi connectivity index (χ2v) is 4.48. The maximum Gasteiger partial charge on any atom is 0.323 e. The first-order chi connectivity index (χ1) is 8.92. The highest BCUT2D eigenvalue weighted by Crippen LogP contribution is 2.05. The summed E-state index contributed by atoms with van der Waals surface area (Å²) < 4.78 is 0. The third kappa shape index (κ3) is 6.95. The van der Waals surface area contributed by atoms with Crippen molar-refractivity contribution in [1.29, 1.82) is 5.26 Å². The van der Waals surface area contributed by atoms with Crippen LogP contribution in [0.25, 0.3) is 0 Å². The predicted octanol–water partition coefficient (Wildman–Crippen LogP) is 0.998. The lowest BCUT2D eigenvalue weighted by Gasteiger charge is -2.29. The van der Waals surface area contributed by atoms with Gasteiger partial charge in [-0.25, -0.2) is 4.79 Å². The molecule has 0 heterocycles. The van der Waals surface area contributed by atoms with Gasteiger partial charge in [0.2, 0.25) is 0 Å². The fourth-order valence-electron chi connectivity index (χ4n) is 1.56. The Labute approximate surface area is 113 Å². The van der Waals surface area contributed by atoms with Crippen molar-refractivity contribution in [3.63, 3.8) is 0 Å². The van der Waals surface area contributed by atoms with Crippen LogP contribution >= 0.6 is 0 Å². The molecule has 0 aliphatic rings. The van der Waals surface area contributed by atoms with E-state index in [1.54, 1.807) is 0 Å².